The minimum absolute atomic E-state index is 1.08. The smallest absolute Gasteiger partial charge is 0.0142 e. The van der Waals surface area contributed by atoms with E-state index in [2.05, 4.69) is 26.5 Å². The van der Waals surface area contributed by atoms with E-state index in [1.165, 1.54) is 25.7 Å². The molecule has 0 aliphatic heterocycles. The van der Waals surface area contributed by atoms with Crippen molar-refractivity contribution in [2.24, 2.45) is 0 Å². The fraction of sp³-hybridized carbons (Fsp3) is 0.636. The molecule has 0 nitrogen and oxygen atoms in total. The summed E-state index contributed by atoms with van der Waals surface area (Å²) in [7, 11) is 0. The predicted octanol–water partition coefficient (Wildman–Crippen LogP) is 4.09. The number of allylic oxidation sites excluding steroid dienone is 3. The molecule has 64 valence electrons. The number of unbranched alkanes of at least 4 members (excludes halogenated alkanes) is 1. The van der Waals surface area contributed by atoms with E-state index < -0.39 is 0 Å². The average Bonchev–Trinajstić information content (AvgIpc) is 2.01. The molecular formula is C11H20. The molecule has 0 radical (unpaired) electrons. The van der Waals surface area contributed by atoms with Crippen LogP contribution in [0, 0.1) is 0 Å². The van der Waals surface area contributed by atoms with Crippen LogP contribution in [0.2, 0.25) is 0 Å². The van der Waals surface area contributed by atoms with Gasteiger partial charge in [0.2, 0.25) is 0 Å². The van der Waals surface area contributed by atoms with E-state index >= 15 is 0 Å². The highest BCUT2D eigenvalue weighted by Crippen LogP contribution is 2.11. The summed E-state index contributed by atoms with van der Waals surface area (Å²) in [4.78, 5) is 0. The third-order valence-electron chi connectivity index (χ3n) is 1.70. The van der Waals surface area contributed by atoms with Gasteiger partial charge in [-0.1, -0.05) is 44.4 Å². The van der Waals surface area contributed by atoms with Crippen LogP contribution in [0.4, 0.5) is 0 Å². The second-order valence-electron chi connectivity index (χ2n) is 2.89. The maximum Gasteiger partial charge on any atom is -0.0142 e. The van der Waals surface area contributed by atoms with Gasteiger partial charge in [-0.25, -0.2) is 0 Å². The van der Waals surface area contributed by atoms with Gasteiger partial charge < -0.3 is 0 Å². The van der Waals surface area contributed by atoms with Gasteiger partial charge in [0.1, 0.15) is 0 Å². The Morgan fingerprint density at radius 3 is 2.45 bits per heavy atom. The standard InChI is InChI=1S/C11H20/c1-4-7-10-11(8-5-2)9-6-3/h5,10H,2,4,6-9H2,1,3H3/b11-10+. The van der Waals surface area contributed by atoms with Crippen molar-refractivity contribution in [2.45, 2.75) is 46.0 Å². The van der Waals surface area contributed by atoms with Crippen molar-refractivity contribution in [1.82, 2.24) is 0 Å². The van der Waals surface area contributed by atoms with Crippen molar-refractivity contribution in [2.75, 3.05) is 0 Å². The van der Waals surface area contributed by atoms with Crippen LogP contribution in [0.5, 0.6) is 0 Å². The van der Waals surface area contributed by atoms with Gasteiger partial charge >= 0.3 is 0 Å². The summed E-state index contributed by atoms with van der Waals surface area (Å²) in [5.41, 5.74) is 1.56. The Balaban J connectivity index is 3.74. The van der Waals surface area contributed by atoms with E-state index in [0.717, 1.165) is 6.42 Å². The molecule has 0 bridgehead atoms. The first kappa shape index (κ1) is 10.5. The van der Waals surface area contributed by atoms with Crippen molar-refractivity contribution in [3.05, 3.63) is 24.3 Å². The lowest BCUT2D eigenvalue weighted by molar-refractivity contribution is 0.854. The first-order valence-electron chi connectivity index (χ1n) is 4.63. The van der Waals surface area contributed by atoms with Gasteiger partial charge in [0, 0.05) is 0 Å². The maximum absolute atomic E-state index is 3.75. The molecule has 0 aliphatic carbocycles. The predicted molar refractivity (Wildman–Crippen MR) is 52.7 cm³/mol. The molecule has 0 N–H and O–H groups in total. The molecule has 0 rings (SSSR count). The van der Waals surface area contributed by atoms with Gasteiger partial charge in [-0.3, -0.25) is 0 Å². The van der Waals surface area contributed by atoms with Crippen LogP contribution < -0.4 is 0 Å². The third kappa shape index (κ3) is 5.90. The lowest BCUT2D eigenvalue weighted by Gasteiger charge is -2.01. The quantitative estimate of drug-likeness (QED) is 0.503. The highest BCUT2D eigenvalue weighted by molar-refractivity contribution is 5.05. The molecule has 0 aromatic heterocycles. The molecule has 0 aromatic rings. The minimum Gasteiger partial charge on any atom is -0.103 e. The van der Waals surface area contributed by atoms with Crippen molar-refractivity contribution in [1.29, 1.82) is 0 Å². The first-order chi connectivity index (χ1) is 5.35. The second kappa shape index (κ2) is 7.59. The molecule has 0 saturated carbocycles. The van der Waals surface area contributed by atoms with Crippen molar-refractivity contribution >= 4 is 0 Å². The van der Waals surface area contributed by atoms with E-state index in [0.29, 0.717) is 0 Å². The molecule has 0 unspecified atom stereocenters. The van der Waals surface area contributed by atoms with Crippen molar-refractivity contribution in [3.8, 4) is 0 Å². The van der Waals surface area contributed by atoms with Crippen LogP contribution in [-0.4, -0.2) is 0 Å². The lowest BCUT2D eigenvalue weighted by Crippen LogP contribution is -1.80. The van der Waals surface area contributed by atoms with Crippen LogP contribution in [-0.2, 0) is 0 Å². The molecule has 0 fully saturated rings. The monoisotopic (exact) mass is 152 g/mol. The summed E-state index contributed by atoms with van der Waals surface area (Å²) in [6.45, 7) is 8.19. The molecule has 0 atom stereocenters. The topological polar surface area (TPSA) is 0 Å². The number of hydrogen-bond donors (Lipinski definition) is 0. The zero-order valence-corrected chi connectivity index (χ0v) is 7.90. The van der Waals surface area contributed by atoms with Gasteiger partial charge in [-0.15, -0.1) is 6.58 Å². The van der Waals surface area contributed by atoms with Crippen LogP contribution in [0.1, 0.15) is 46.0 Å². The molecule has 0 spiro atoms. The van der Waals surface area contributed by atoms with E-state index in [1.807, 2.05) is 6.08 Å². The van der Waals surface area contributed by atoms with E-state index in [4.69, 9.17) is 0 Å². The highest BCUT2D eigenvalue weighted by Gasteiger charge is 1.91. The van der Waals surface area contributed by atoms with Gasteiger partial charge in [-0.2, -0.15) is 0 Å². The van der Waals surface area contributed by atoms with E-state index in [-0.39, 0.29) is 0 Å². The fourth-order valence-electron chi connectivity index (χ4n) is 1.14. The molecule has 0 aliphatic rings. The van der Waals surface area contributed by atoms with Crippen LogP contribution in [0.25, 0.3) is 0 Å². The molecule has 0 heteroatoms. The Labute approximate surface area is 71.0 Å². The zero-order chi connectivity index (χ0) is 8.53. The largest absolute Gasteiger partial charge is 0.103 e. The van der Waals surface area contributed by atoms with Crippen LogP contribution in [0.3, 0.4) is 0 Å². The summed E-state index contributed by atoms with van der Waals surface area (Å²) in [5.74, 6) is 0. The van der Waals surface area contributed by atoms with E-state index in [9.17, 15) is 0 Å². The van der Waals surface area contributed by atoms with Gasteiger partial charge in [0.25, 0.3) is 0 Å². The Hall–Kier alpha value is -0.520. The lowest BCUT2D eigenvalue weighted by atomic mass is 10.1. The average molecular weight is 152 g/mol. The highest BCUT2D eigenvalue weighted by atomic mass is 14.0. The molecule has 11 heavy (non-hydrogen) atoms. The zero-order valence-electron chi connectivity index (χ0n) is 7.90. The molecular weight excluding hydrogens is 132 g/mol. The van der Waals surface area contributed by atoms with Crippen molar-refractivity contribution < 1.29 is 0 Å². The van der Waals surface area contributed by atoms with E-state index in [1.54, 1.807) is 5.57 Å². The summed E-state index contributed by atoms with van der Waals surface area (Å²) in [5, 5.41) is 0. The number of rotatable bonds is 6. The normalized spacial score (nSPS) is 11.6. The van der Waals surface area contributed by atoms with Gasteiger partial charge in [0.05, 0.1) is 0 Å². The molecule has 0 aromatic carbocycles. The maximum atomic E-state index is 3.75. The summed E-state index contributed by atoms with van der Waals surface area (Å²) < 4.78 is 0. The Bertz CT molecular complexity index is 120. The Kier molecular flexibility index (Phi) is 7.23. The Morgan fingerprint density at radius 1 is 1.27 bits per heavy atom. The summed E-state index contributed by atoms with van der Waals surface area (Å²) in [6, 6.07) is 0. The summed E-state index contributed by atoms with van der Waals surface area (Å²) in [6.07, 6.45) is 10.4. The van der Waals surface area contributed by atoms with Gasteiger partial charge in [0.15, 0.2) is 0 Å². The summed E-state index contributed by atoms with van der Waals surface area (Å²) >= 11 is 0. The minimum atomic E-state index is 1.08. The first-order valence-corrected chi connectivity index (χ1v) is 4.63. The fourth-order valence-corrected chi connectivity index (χ4v) is 1.14. The molecule has 0 heterocycles. The van der Waals surface area contributed by atoms with Crippen molar-refractivity contribution in [3.63, 3.8) is 0 Å². The van der Waals surface area contributed by atoms with Crippen LogP contribution >= 0.6 is 0 Å². The number of hydrogen-bond acceptors (Lipinski definition) is 0. The molecule has 0 saturated heterocycles. The Morgan fingerprint density at radius 2 is 2.00 bits per heavy atom. The SMILES string of the molecule is C=CC/C(=C\CCC)CCC. The third-order valence-corrected chi connectivity index (χ3v) is 1.70. The van der Waals surface area contributed by atoms with Gasteiger partial charge in [-0.05, 0) is 19.3 Å². The molecule has 0 amide bonds. The van der Waals surface area contributed by atoms with Crippen LogP contribution in [0.15, 0.2) is 24.3 Å². The second-order valence-corrected chi connectivity index (χ2v) is 2.89.